The number of allylic oxidation sites excluding steroid dienone is 1. The summed E-state index contributed by atoms with van der Waals surface area (Å²) in [4.78, 5) is 60.0. The zero-order chi connectivity index (χ0) is 32.3. The second-order valence-electron chi connectivity index (χ2n) is 13.4. The normalized spacial score (nSPS) is 34.5. The number of amides is 3. The van der Waals surface area contributed by atoms with Gasteiger partial charge in [0.1, 0.15) is 23.7 Å². The van der Waals surface area contributed by atoms with Gasteiger partial charge < -0.3 is 29.7 Å². The van der Waals surface area contributed by atoms with E-state index < -0.39 is 47.7 Å². The van der Waals surface area contributed by atoms with Crippen molar-refractivity contribution >= 4 is 23.7 Å². The van der Waals surface area contributed by atoms with Crippen LogP contribution in [0.15, 0.2) is 54.6 Å². The molecule has 2 N–H and O–H groups in total. The summed E-state index contributed by atoms with van der Waals surface area (Å²) in [7, 11) is 0. The molecule has 3 fully saturated rings. The maximum absolute atomic E-state index is 14.6. The zero-order valence-electron chi connectivity index (χ0n) is 26.7. The smallest absolute Gasteiger partial charge is 0.313 e. The quantitative estimate of drug-likeness (QED) is 0.267. The topological polar surface area (TPSA) is 125 Å². The molecule has 10 heteroatoms. The van der Waals surface area contributed by atoms with Gasteiger partial charge in [0.2, 0.25) is 17.7 Å². The van der Waals surface area contributed by atoms with Gasteiger partial charge >= 0.3 is 5.97 Å². The summed E-state index contributed by atoms with van der Waals surface area (Å²) in [5.41, 5.74) is -0.606. The molecule has 0 unspecified atom stereocenters. The number of cyclic esters (lactones) is 1. The molecule has 1 aliphatic carbocycles. The lowest BCUT2D eigenvalue weighted by molar-refractivity contribution is -0.161. The Labute approximate surface area is 271 Å². The van der Waals surface area contributed by atoms with Gasteiger partial charge in [0.25, 0.3) is 0 Å². The van der Waals surface area contributed by atoms with E-state index in [4.69, 9.17) is 9.47 Å². The molecule has 1 spiro atoms. The molecule has 2 saturated heterocycles. The molecule has 1 aromatic carbocycles. The van der Waals surface area contributed by atoms with E-state index in [9.17, 15) is 24.3 Å². The molecular formula is C36H47N3O7. The van der Waals surface area contributed by atoms with E-state index in [1.165, 1.54) is 0 Å². The molecule has 0 radical (unpaired) electrons. The van der Waals surface area contributed by atoms with Crippen LogP contribution in [0.4, 0.5) is 0 Å². The number of hydrogen-bond acceptors (Lipinski definition) is 7. The van der Waals surface area contributed by atoms with E-state index in [0.29, 0.717) is 38.8 Å². The van der Waals surface area contributed by atoms with Crippen molar-refractivity contribution in [3.05, 3.63) is 60.2 Å². The van der Waals surface area contributed by atoms with Gasteiger partial charge in [-0.2, -0.15) is 0 Å². The number of aliphatic hydroxyl groups excluding tert-OH is 1. The highest BCUT2D eigenvalue weighted by molar-refractivity contribution is 5.99. The van der Waals surface area contributed by atoms with Crippen LogP contribution < -0.4 is 5.32 Å². The van der Waals surface area contributed by atoms with Crippen LogP contribution in [0.3, 0.4) is 0 Å². The Morgan fingerprint density at radius 3 is 2.52 bits per heavy atom. The van der Waals surface area contributed by atoms with Crippen molar-refractivity contribution in [2.24, 2.45) is 11.8 Å². The van der Waals surface area contributed by atoms with Crippen LogP contribution in [0, 0.1) is 11.8 Å². The third-order valence-electron chi connectivity index (χ3n) is 10.4. The van der Waals surface area contributed by atoms with Crippen molar-refractivity contribution in [2.75, 3.05) is 19.7 Å². The summed E-state index contributed by atoms with van der Waals surface area (Å²) < 4.78 is 13.1. The molecule has 0 aromatic heterocycles. The number of carbonyl (C=O) groups is 4. The lowest BCUT2D eigenvalue weighted by Crippen LogP contribution is -2.57. The van der Waals surface area contributed by atoms with Crippen molar-refractivity contribution in [1.82, 2.24) is 15.1 Å². The number of ether oxygens (including phenoxy) is 2. The van der Waals surface area contributed by atoms with Crippen molar-refractivity contribution < 1.29 is 33.8 Å². The van der Waals surface area contributed by atoms with Gasteiger partial charge in [0, 0.05) is 32.2 Å². The highest BCUT2D eigenvalue weighted by Gasteiger charge is 2.72. The lowest BCUT2D eigenvalue weighted by atomic mass is 9.77. The van der Waals surface area contributed by atoms with Gasteiger partial charge in [0.15, 0.2) is 0 Å². The number of unbranched alkanes of at least 4 members (excludes halogenated alkanes) is 2. The van der Waals surface area contributed by atoms with Crippen molar-refractivity contribution in [2.45, 2.75) is 107 Å². The molecule has 7 atom stereocenters. The third-order valence-corrected chi connectivity index (χ3v) is 10.4. The summed E-state index contributed by atoms with van der Waals surface area (Å²) in [6.45, 7) is 2.64. The van der Waals surface area contributed by atoms with Crippen LogP contribution in [0.5, 0.6) is 0 Å². The molecular weight excluding hydrogens is 586 g/mol. The Kier molecular flexibility index (Phi) is 9.94. The third kappa shape index (κ3) is 6.13. The maximum Gasteiger partial charge on any atom is 0.313 e. The number of esters is 1. The number of rotatable bonds is 7. The van der Waals surface area contributed by atoms with Crippen LogP contribution in [-0.4, -0.2) is 88.1 Å². The molecule has 3 amide bonds. The van der Waals surface area contributed by atoms with Gasteiger partial charge in [0.05, 0.1) is 18.1 Å². The van der Waals surface area contributed by atoms with Gasteiger partial charge in [-0.3, -0.25) is 19.2 Å². The first-order chi connectivity index (χ1) is 22.4. The first-order valence-corrected chi connectivity index (χ1v) is 17.1. The minimum Gasteiger partial charge on any atom is -0.455 e. The monoisotopic (exact) mass is 633 g/mol. The van der Waals surface area contributed by atoms with Gasteiger partial charge in [-0.15, -0.1) is 0 Å². The number of benzene rings is 1. The molecule has 1 aromatic rings. The van der Waals surface area contributed by atoms with Crippen molar-refractivity contribution in [1.29, 1.82) is 0 Å². The Bertz CT molecular complexity index is 1340. The SMILES string of the molecule is C[C@@H]1NC(=O)CC/C=C\[C@@H]2O[C@@]34C=CCN(C5CCCCC5)C(=O)[C@@H]3N(CCCCCO)C(=O)[C@H]4[C@@H]2C(=O)O[C@H]1c1ccccc1. The Balaban J connectivity index is 1.39. The summed E-state index contributed by atoms with van der Waals surface area (Å²) in [6, 6.07) is 7.97. The fourth-order valence-electron chi connectivity index (χ4n) is 8.25. The number of aliphatic hydroxyl groups is 1. The number of carbonyl (C=O) groups excluding carboxylic acids is 4. The number of hydrogen-bond donors (Lipinski definition) is 2. The summed E-state index contributed by atoms with van der Waals surface area (Å²) in [6.07, 6.45) is 13.6. The van der Waals surface area contributed by atoms with Crippen molar-refractivity contribution in [3.8, 4) is 0 Å². The first kappa shape index (κ1) is 32.4. The zero-order valence-corrected chi connectivity index (χ0v) is 26.7. The van der Waals surface area contributed by atoms with Crippen LogP contribution >= 0.6 is 0 Å². The van der Waals surface area contributed by atoms with Gasteiger partial charge in [-0.25, -0.2) is 0 Å². The minimum absolute atomic E-state index is 0.0631. The summed E-state index contributed by atoms with van der Waals surface area (Å²) in [5, 5.41) is 12.3. The Morgan fingerprint density at radius 2 is 1.76 bits per heavy atom. The highest BCUT2D eigenvalue weighted by atomic mass is 16.6. The fraction of sp³-hybridized carbons (Fsp3) is 0.611. The Morgan fingerprint density at radius 1 is 0.978 bits per heavy atom. The molecule has 10 nitrogen and oxygen atoms in total. The molecule has 46 heavy (non-hydrogen) atoms. The maximum atomic E-state index is 14.6. The number of nitrogens with zero attached hydrogens (tertiary/aromatic N) is 2. The van der Waals surface area contributed by atoms with Crippen LogP contribution in [-0.2, 0) is 28.7 Å². The van der Waals surface area contributed by atoms with E-state index in [-0.39, 0.29) is 36.8 Å². The number of likely N-dealkylation sites (tertiary alicyclic amines) is 1. The van der Waals surface area contributed by atoms with E-state index in [2.05, 4.69) is 5.32 Å². The first-order valence-electron chi connectivity index (χ1n) is 17.1. The molecule has 5 aliphatic rings. The van der Waals surface area contributed by atoms with E-state index in [1.807, 2.05) is 60.4 Å². The lowest BCUT2D eigenvalue weighted by Gasteiger charge is -2.39. The number of fused-ring (bicyclic) bond motifs is 2. The average molecular weight is 634 g/mol. The minimum atomic E-state index is -1.34. The van der Waals surface area contributed by atoms with Crippen LogP contribution in [0.1, 0.15) is 82.8 Å². The second kappa shape index (κ2) is 14.1. The molecule has 1 saturated carbocycles. The van der Waals surface area contributed by atoms with E-state index in [0.717, 1.165) is 37.7 Å². The average Bonchev–Trinajstić information content (AvgIpc) is 3.44. The number of nitrogens with one attached hydrogen (secondary N) is 1. The summed E-state index contributed by atoms with van der Waals surface area (Å²) in [5.74, 6) is -3.08. The van der Waals surface area contributed by atoms with E-state index >= 15 is 0 Å². The second-order valence-corrected chi connectivity index (χ2v) is 13.4. The standard InChI is InChI=1S/C36H47N3O7/c1-24-31(25-14-5-2-6-15-25)45-35(44)29-27(18-9-10-19-28(41)37-24)46-36-20-13-22-38(26-16-7-3-8-17-26)34(43)32(36)39(33(42)30(29)36)21-11-4-12-23-40/h2,5-6,9,13-15,18,20,24,26-27,29-32,40H,3-4,7-8,10-12,16-17,19,21-23H2,1H3,(H,37,41)/b18-9-/t24-,27-,29+,30+,31+,32-,36+/m0/s1. The highest BCUT2D eigenvalue weighted by Crippen LogP contribution is 2.53. The van der Waals surface area contributed by atoms with Crippen molar-refractivity contribution in [3.63, 3.8) is 0 Å². The van der Waals surface area contributed by atoms with Crippen LogP contribution in [0.25, 0.3) is 0 Å². The van der Waals surface area contributed by atoms with Gasteiger partial charge in [-0.05, 0) is 51.0 Å². The largest absolute Gasteiger partial charge is 0.455 e. The molecule has 248 valence electrons. The van der Waals surface area contributed by atoms with Crippen LogP contribution in [0.2, 0.25) is 0 Å². The molecule has 0 bridgehead atoms. The van der Waals surface area contributed by atoms with Gasteiger partial charge in [-0.1, -0.05) is 73.9 Å². The molecule has 4 heterocycles. The summed E-state index contributed by atoms with van der Waals surface area (Å²) >= 11 is 0. The van der Waals surface area contributed by atoms with E-state index in [1.54, 1.807) is 11.0 Å². The molecule has 6 rings (SSSR count). The predicted octanol–water partition coefficient (Wildman–Crippen LogP) is 3.60. The predicted molar refractivity (Wildman–Crippen MR) is 170 cm³/mol. The Hall–Kier alpha value is -3.50. The molecule has 4 aliphatic heterocycles. The fourth-order valence-corrected chi connectivity index (χ4v) is 8.25.